The molecule has 1 heterocycles. The van der Waals surface area contributed by atoms with Gasteiger partial charge in [-0.25, -0.2) is 4.39 Å². The lowest BCUT2D eigenvalue weighted by Crippen LogP contribution is -2.17. The van der Waals surface area contributed by atoms with Gasteiger partial charge in [0, 0.05) is 0 Å². The van der Waals surface area contributed by atoms with Crippen molar-refractivity contribution in [2.45, 2.75) is 6.04 Å². The highest BCUT2D eigenvalue weighted by atomic mass is 35.5. The predicted octanol–water partition coefficient (Wildman–Crippen LogP) is 3.85. The van der Waals surface area contributed by atoms with Crippen LogP contribution < -0.4 is 5.32 Å². The molecule has 1 N–H and O–H groups in total. The lowest BCUT2D eigenvalue weighted by Gasteiger charge is -2.15. The second-order valence-electron chi connectivity index (χ2n) is 3.45. The fourth-order valence-corrected chi connectivity index (χ4v) is 2.46. The number of rotatable bonds is 3. The number of benzene rings is 1. The topological polar surface area (TPSA) is 12.0 Å². The molecule has 84 valence electrons. The normalized spacial score (nSPS) is 12.7. The second-order valence-corrected chi connectivity index (χ2v) is 4.64. The Balaban J connectivity index is 2.37. The Hall–Kier alpha value is -0.900. The zero-order valence-corrected chi connectivity index (χ0v) is 10.3. The van der Waals surface area contributed by atoms with Gasteiger partial charge in [-0.05, 0) is 47.1 Å². The van der Waals surface area contributed by atoms with Crippen LogP contribution in [-0.2, 0) is 0 Å². The molecule has 0 saturated heterocycles. The van der Waals surface area contributed by atoms with Gasteiger partial charge in [-0.3, -0.25) is 0 Å². The Bertz CT molecular complexity index is 470. The third-order valence-corrected chi connectivity index (χ3v) is 3.45. The Labute approximate surface area is 103 Å². The van der Waals surface area contributed by atoms with Crippen molar-refractivity contribution in [2.75, 3.05) is 7.05 Å². The first kappa shape index (κ1) is 11.6. The molecule has 1 aromatic carbocycles. The average Bonchev–Trinajstić information content (AvgIpc) is 2.78. The van der Waals surface area contributed by atoms with Crippen LogP contribution in [0.15, 0.2) is 35.0 Å². The van der Waals surface area contributed by atoms with E-state index in [1.165, 1.54) is 6.07 Å². The molecule has 0 bridgehead atoms. The van der Waals surface area contributed by atoms with Crippen molar-refractivity contribution < 1.29 is 4.39 Å². The summed E-state index contributed by atoms with van der Waals surface area (Å²) in [5.41, 5.74) is 2.01. The molecule has 0 aliphatic carbocycles. The lowest BCUT2D eigenvalue weighted by molar-refractivity contribution is 0.617. The molecular weight excluding hydrogens is 245 g/mol. The minimum atomic E-state index is -0.380. The Morgan fingerprint density at radius 2 is 2.12 bits per heavy atom. The smallest absolute Gasteiger partial charge is 0.142 e. The summed E-state index contributed by atoms with van der Waals surface area (Å²) in [6, 6.07) is 6.94. The first-order chi connectivity index (χ1) is 7.72. The van der Waals surface area contributed by atoms with Crippen LogP contribution in [0, 0.1) is 5.82 Å². The number of nitrogens with one attached hydrogen (secondary N) is 1. The van der Waals surface area contributed by atoms with E-state index in [1.807, 2.05) is 29.9 Å². The molecule has 4 heteroatoms. The summed E-state index contributed by atoms with van der Waals surface area (Å²) >= 11 is 7.29. The van der Waals surface area contributed by atoms with E-state index in [1.54, 1.807) is 17.4 Å². The van der Waals surface area contributed by atoms with E-state index in [0.29, 0.717) is 0 Å². The second kappa shape index (κ2) is 4.95. The van der Waals surface area contributed by atoms with Crippen LogP contribution in [0.25, 0.3) is 0 Å². The van der Waals surface area contributed by atoms with Crippen molar-refractivity contribution >= 4 is 22.9 Å². The zero-order chi connectivity index (χ0) is 11.5. The SMILES string of the molecule is CNC(c1ccsc1)c1ccc(Cl)c(F)c1. The molecule has 1 aromatic heterocycles. The van der Waals surface area contributed by atoms with Crippen LogP contribution in [0.4, 0.5) is 4.39 Å². The van der Waals surface area contributed by atoms with Gasteiger partial charge < -0.3 is 5.32 Å². The van der Waals surface area contributed by atoms with E-state index in [-0.39, 0.29) is 16.9 Å². The van der Waals surface area contributed by atoms with Gasteiger partial charge in [0.15, 0.2) is 0 Å². The Morgan fingerprint density at radius 1 is 1.31 bits per heavy atom. The van der Waals surface area contributed by atoms with Crippen molar-refractivity contribution in [3.63, 3.8) is 0 Å². The van der Waals surface area contributed by atoms with Crippen molar-refractivity contribution in [2.24, 2.45) is 0 Å². The molecule has 0 amide bonds. The minimum Gasteiger partial charge on any atom is -0.309 e. The molecule has 1 unspecified atom stereocenters. The summed E-state index contributed by atoms with van der Waals surface area (Å²) in [4.78, 5) is 0. The summed E-state index contributed by atoms with van der Waals surface area (Å²) in [5.74, 6) is -0.380. The number of halogens is 2. The molecule has 0 saturated carbocycles. The fraction of sp³-hybridized carbons (Fsp3) is 0.167. The molecule has 0 fully saturated rings. The van der Waals surface area contributed by atoms with Crippen molar-refractivity contribution in [3.05, 3.63) is 57.0 Å². The highest BCUT2D eigenvalue weighted by Crippen LogP contribution is 2.26. The molecule has 1 nitrogen and oxygen atoms in total. The molecule has 16 heavy (non-hydrogen) atoms. The van der Waals surface area contributed by atoms with Crippen LogP contribution in [0.5, 0.6) is 0 Å². The van der Waals surface area contributed by atoms with E-state index in [0.717, 1.165) is 11.1 Å². The quantitative estimate of drug-likeness (QED) is 0.879. The third-order valence-electron chi connectivity index (χ3n) is 2.44. The van der Waals surface area contributed by atoms with Crippen molar-refractivity contribution in [3.8, 4) is 0 Å². The summed E-state index contributed by atoms with van der Waals surface area (Å²) < 4.78 is 13.4. The highest BCUT2D eigenvalue weighted by Gasteiger charge is 2.13. The highest BCUT2D eigenvalue weighted by molar-refractivity contribution is 7.08. The van der Waals surface area contributed by atoms with E-state index in [4.69, 9.17) is 11.6 Å². The molecule has 0 aliphatic heterocycles. The minimum absolute atomic E-state index is 0.0121. The van der Waals surface area contributed by atoms with Gasteiger partial charge in [0.1, 0.15) is 5.82 Å². The number of hydrogen-bond donors (Lipinski definition) is 1. The summed E-state index contributed by atoms with van der Waals surface area (Å²) in [6.45, 7) is 0. The van der Waals surface area contributed by atoms with Gasteiger partial charge in [0.05, 0.1) is 11.1 Å². The Kier molecular flexibility index (Phi) is 3.59. The first-order valence-corrected chi connectivity index (χ1v) is 6.18. The van der Waals surface area contributed by atoms with Gasteiger partial charge in [-0.2, -0.15) is 11.3 Å². The fourth-order valence-electron chi connectivity index (χ4n) is 1.66. The third kappa shape index (κ3) is 2.26. The predicted molar refractivity (Wildman–Crippen MR) is 66.6 cm³/mol. The van der Waals surface area contributed by atoms with Gasteiger partial charge in [-0.1, -0.05) is 17.7 Å². The van der Waals surface area contributed by atoms with Gasteiger partial charge in [0.2, 0.25) is 0 Å². The zero-order valence-electron chi connectivity index (χ0n) is 8.71. The van der Waals surface area contributed by atoms with Crippen molar-refractivity contribution in [1.82, 2.24) is 5.32 Å². The van der Waals surface area contributed by atoms with E-state index < -0.39 is 0 Å². The van der Waals surface area contributed by atoms with Crippen LogP contribution in [0.2, 0.25) is 5.02 Å². The van der Waals surface area contributed by atoms with E-state index >= 15 is 0 Å². The molecular formula is C12H11ClFNS. The van der Waals surface area contributed by atoms with Crippen LogP contribution >= 0.6 is 22.9 Å². The van der Waals surface area contributed by atoms with Crippen LogP contribution in [0.3, 0.4) is 0 Å². The van der Waals surface area contributed by atoms with Crippen LogP contribution in [0.1, 0.15) is 17.2 Å². The summed E-state index contributed by atoms with van der Waals surface area (Å²) in [7, 11) is 1.86. The largest absolute Gasteiger partial charge is 0.309 e. The molecule has 1 atom stereocenters. The maximum Gasteiger partial charge on any atom is 0.142 e. The average molecular weight is 256 g/mol. The maximum absolute atomic E-state index is 13.4. The molecule has 0 radical (unpaired) electrons. The number of thiophene rings is 1. The van der Waals surface area contributed by atoms with E-state index in [9.17, 15) is 4.39 Å². The molecule has 0 aliphatic rings. The van der Waals surface area contributed by atoms with Crippen molar-refractivity contribution in [1.29, 1.82) is 0 Å². The number of hydrogen-bond acceptors (Lipinski definition) is 2. The molecule has 2 aromatic rings. The summed E-state index contributed by atoms with van der Waals surface area (Å²) in [6.07, 6.45) is 0. The maximum atomic E-state index is 13.4. The first-order valence-electron chi connectivity index (χ1n) is 4.86. The van der Waals surface area contributed by atoms with Gasteiger partial charge in [0.25, 0.3) is 0 Å². The Morgan fingerprint density at radius 3 is 2.69 bits per heavy atom. The standard InChI is InChI=1S/C12H11ClFNS/c1-15-12(9-4-5-16-7-9)8-2-3-10(13)11(14)6-8/h2-7,12,15H,1H3. The lowest BCUT2D eigenvalue weighted by atomic mass is 10.0. The monoisotopic (exact) mass is 255 g/mol. The molecule has 0 spiro atoms. The van der Waals surface area contributed by atoms with Crippen LogP contribution in [-0.4, -0.2) is 7.05 Å². The van der Waals surface area contributed by atoms with Gasteiger partial charge in [-0.15, -0.1) is 0 Å². The summed E-state index contributed by atoms with van der Waals surface area (Å²) in [5, 5.41) is 7.38. The van der Waals surface area contributed by atoms with Gasteiger partial charge >= 0.3 is 0 Å². The van der Waals surface area contributed by atoms with E-state index in [2.05, 4.69) is 5.32 Å². The molecule has 2 rings (SSSR count).